The Bertz CT molecular complexity index is 335. The maximum atomic E-state index is 12.2. The number of hydrogen-bond donors (Lipinski definition) is 3. The fourth-order valence-electron chi connectivity index (χ4n) is 3.17. The molecule has 1 aliphatic carbocycles. The lowest BCUT2D eigenvalue weighted by Crippen LogP contribution is -2.41. The molecule has 0 aliphatic heterocycles. The highest BCUT2D eigenvalue weighted by Gasteiger charge is 2.38. The summed E-state index contributed by atoms with van der Waals surface area (Å²) in [6.07, 6.45) is 4.55. The first kappa shape index (κ1) is 17.0. The molecule has 5 nitrogen and oxygen atoms in total. The van der Waals surface area contributed by atoms with Gasteiger partial charge in [-0.25, -0.2) is 0 Å². The normalized spacial score (nSPS) is 19.0. The van der Waals surface area contributed by atoms with Gasteiger partial charge in [0, 0.05) is 19.1 Å². The number of carbonyl (C=O) groups is 2. The molecule has 0 heterocycles. The van der Waals surface area contributed by atoms with Gasteiger partial charge in [0.05, 0.1) is 6.42 Å². The highest BCUT2D eigenvalue weighted by atomic mass is 16.4. The smallest absolute Gasteiger partial charge is 0.303 e. The second-order valence-corrected chi connectivity index (χ2v) is 6.38. The minimum absolute atomic E-state index is 0.0450. The Morgan fingerprint density at radius 2 is 1.80 bits per heavy atom. The van der Waals surface area contributed by atoms with Crippen molar-refractivity contribution in [3.05, 3.63) is 0 Å². The second kappa shape index (κ2) is 7.62. The van der Waals surface area contributed by atoms with E-state index in [2.05, 4.69) is 5.32 Å². The molecule has 3 N–H and O–H groups in total. The van der Waals surface area contributed by atoms with E-state index in [-0.39, 0.29) is 42.7 Å². The van der Waals surface area contributed by atoms with E-state index in [1.54, 1.807) is 0 Å². The van der Waals surface area contributed by atoms with Crippen LogP contribution in [0.15, 0.2) is 0 Å². The molecule has 0 radical (unpaired) electrons. The molecule has 1 atom stereocenters. The summed E-state index contributed by atoms with van der Waals surface area (Å²) in [6.45, 7) is 4.05. The number of aliphatic hydroxyl groups is 1. The van der Waals surface area contributed by atoms with Gasteiger partial charge in [0.1, 0.15) is 0 Å². The largest absolute Gasteiger partial charge is 0.481 e. The van der Waals surface area contributed by atoms with Crippen molar-refractivity contribution in [2.75, 3.05) is 6.61 Å². The van der Waals surface area contributed by atoms with Gasteiger partial charge < -0.3 is 15.5 Å². The van der Waals surface area contributed by atoms with E-state index in [0.29, 0.717) is 6.42 Å². The molecule has 1 saturated carbocycles. The molecular weight excluding hydrogens is 258 g/mol. The molecule has 20 heavy (non-hydrogen) atoms. The van der Waals surface area contributed by atoms with Crippen molar-refractivity contribution in [3.8, 4) is 0 Å². The zero-order valence-corrected chi connectivity index (χ0v) is 12.5. The first-order valence-electron chi connectivity index (χ1n) is 7.50. The number of aliphatic hydroxyl groups excluding tert-OH is 1. The SMILES string of the molecule is CC(C)C(CCO)NC(=O)CC1(CC(=O)O)CCCC1. The van der Waals surface area contributed by atoms with Gasteiger partial charge in [-0.1, -0.05) is 26.7 Å². The predicted molar refractivity (Wildman–Crippen MR) is 76.2 cm³/mol. The maximum absolute atomic E-state index is 12.2. The van der Waals surface area contributed by atoms with Crippen LogP contribution >= 0.6 is 0 Å². The second-order valence-electron chi connectivity index (χ2n) is 6.38. The highest BCUT2D eigenvalue weighted by molar-refractivity contribution is 5.78. The zero-order chi connectivity index (χ0) is 15.2. The number of carboxylic acid groups (broad SMARTS) is 1. The van der Waals surface area contributed by atoms with Crippen molar-refractivity contribution in [1.82, 2.24) is 5.32 Å². The molecule has 0 aromatic heterocycles. The van der Waals surface area contributed by atoms with Crippen LogP contribution in [0.3, 0.4) is 0 Å². The molecular formula is C15H27NO4. The van der Waals surface area contributed by atoms with Crippen LogP contribution in [-0.2, 0) is 9.59 Å². The summed E-state index contributed by atoms with van der Waals surface area (Å²) < 4.78 is 0. The third-order valence-corrected chi connectivity index (χ3v) is 4.32. The quantitative estimate of drug-likeness (QED) is 0.636. The van der Waals surface area contributed by atoms with E-state index < -0.39 is 5.97 Å². The van der Waals surface area contributed by atoms with Crippen LogP contribution in [0.5, 0.6) is 0 Å². The monoisotopic (exact) mass is 285 g/mol. The summed E-state index contributed by atoms with van der Waals surface area (Å²) >= 11 is 0. The van der Waals surface area contributed by atoms with Crippen LogP contribution in [0.2, 0.25) is 0 Å². The average molecular weight is 285 g/mol. The number of nitrogens with one attached hydrogen (secondary N) is 1. The van der Waals surface area contributed by atoms with Crippen molar-refractivity contribution < 1.29 is 19.8 Å². The van der Waals surface area contributed by atoms with Gasteiger partial charge in [0.15, 0.2) is 0 Å². The Kier molecular flexibility index (Phi) is 6.46. The van der Waals surface area contributed by atoms with Crippen molar-refractivity contribution in [3.63, 3.8) is 0 Å². The Labute approximate surface area is 120 Å². The lowest BCUT2D eigenvalue weighted by atomic mass is 9.79. The van der Waals surface area contributed by atoms with E-state index in [1.165, 1.54) is 0 Å². The van der Waals surface area contributed by atoms with Crippen LogP contribution in [0.4, 0.5) is 0 Å². The summed E-state index contributed by atoms with van der Waals surface area (Å²) in [5.74, 6) is -0.652. The zero-order valence-electron chi connectivity index (χ0n) is 12.5. The van der Waals surface area contributed by atoms with Crippen LogP contribution in [0.1, 0.15) is 58.8 Å². The van der Waals surface area contributed by atoms with E-state index in [9.17, 15) is 9.59 Å². The number of carboxylic acids is 1. The maximum Gasteiger partial charge on any atom is 0.303 e. The van der Waals surface area contributed by atoms with Gasteiger partial charge in [-0.15, -0.1) is 0 Å². The molecule has 0 aromatic rings. The number of rotatable bonds is 8. The summed E-state index contributed by atoms with van der Waals surface area (Å²) in [7, 11) is 0. The Morgan fingerprint density at radius 3 is 2.25 bits per heavy atom. The first-order chi connectivity index (χ1) is 9.38. The highest BCUT2D eigenvalue weighted by Crippen LogP contribution is 2.44. The average Bonchev–Trinajstić information content (AvgIpc) is 2.75. The first-order valence-corrected chi connectivity index (χ1v) is 7.50. The lowest BCUT2D eigenvalue weighted by Gasteiger charge is -2.28. The van der Waals surface area contributed by atoms with Gasteiger partial charge >= 0.3 is 5.97 Å². The van der Waals surface area contributed by atoms with Crippen molar-refractivity contribution in [2.24, 2.45) is 11.3 Å². The molecule has 1 rings (SSSR count). The van der Waals surface area contributed by atoms with E-state index in [4.69, 9.17) is 10.2 Å². The molecule has 1 unspecified atom stereocenters. The number of aliphatic carboxylic acids is 1. The molecule has 0 spiro atoms. The van der Waals surface area contributed by atoms with Gasteiger partial charge in [0.2, 0.25) is 5.91 Å². The van der Waals surface area contributed by atoms with Gasteiger partial charge in [-0.05, 0) is 30.6 Å². The molecule has 1 aliphatic rings. The molecule has 1 amide bonds. The van der Waals surface area contributed by atoms with Gasteiger partial charge in [0.25, 0.3) is 0 Å². The summed E-state index contributed by atoms with van der Waals surface area (Å²) in [4.78, 5) is 23.2. The predicted octanol–water partition coefficient (Wildman–Crippen LogP) is 1.93. The molecule has 0 bridgehead atoms. The fraction of sp³-hybridized carbons (Fsp3) is 0.867. The topological polar surface area (TPSA) is 86.6 Å². The summed E-state index contributed by atoms with van der Waals surface area (Å²) in [5.41, 5.74) is -0.364. The minimum Gasteiger partial charge on any atom is -0.481 e. The van der Waals surface area contributed by atoms with Crippen LogP contribution in [0, 0.1) is 11.3 Å². The number of hydrogen-bond acceptors (Lipinski definition) is 3. The van der Waals surface area contributed by atoms with Crippen molar-refractivity contribution in [1.29, 1.82) is 0 Å². The van der Waals surface area contributed by atoms with Gasteiger partial charge in [-0.3, -0.25) is 9.59 Å². The summed E-state index contributed by atoms with van der Waals surface area (Å²) in [5, 5.41) is 21.0. The van der Waals surface area contributed by atoms with E-state index in [1.807, 2.05) is 13.8 Å². The number of carbonyl (C=O) groups excluding carboxylic acids is 1. The third kappa shape index (κ3) is 5.12. The van der Waals surface area contributed by atoms with Crippen LogP contribution in [-0.4, -0.2) is 34.7 Å². The van der Waals surface area contributed by atoms with Crippen molar-refractivity contribution >= 4 is 11.9 Å². The van der Waals surface area contributed by atoms with Gasteiger partial charge in [-0.2, -0.15) is 0 Å². The Morgan fingerprint density at radius 1 is 1.20 bits per heavy atom. The molecule has 0 saturated heterocycles. The Balaban J connectivity index is 2.59. The van der Waals surface area contributed by atoms with Crippen LogP contribution < -0.4 is 5.32 Å². The minimum atomic E-state index is -0.824. The molecule has 5 heteroatoms. The molecule has 0 aromatic carbocycles. The third-order valence-electron chi connectivity index (χ3n) is 4.32. The van der Waals surface area contributed by atoms with Crippen molar-refractivity contribution in [2.45, 2.75) is 64.8 Å². The summed E-state index contributed by atoms with van der Waals surface area (Å²) in [6, 6.07) is -0.0456. The van der Waals surface area contributed by atoms with E-state index in [0.717, 1.165) is 25.7 Å². The lowest BCUT2D eigenvalue weighted by molar-refractivity contribution is -0.140. The van der Waals surface area contributed by atoms with E-state index >= 15 is 0 Å². The number of amides is 1. The Hall–Kier alpha value is -1.10. The van der Waals surface area contributed by atoms with Crippen LogP contribution in [0.25, 0.3) is 0 Å². The standard InChI is InChI=1S/C15H27NO4/c1-11(2)12(5-8-17)16-13(18)9-15(10-14(19)20)6-3-4-7-15/h11-12,17H,3-10H2,1-2H3,(H,16,18)(H,19,20). The molecule has 1 fully saturated rings. The molecule has 116 valence electrons. The fourth-order valence-corrected chi connectivity index (χ4v) is 3.17.